The Bertz CT molecular complexity index is 406. The molecule has 0 aliphatic heterocycles. The predicted molar refractivity (Wildman–Crippen MR) is 121 cm³/mol. The molecule has 0 spiro atoms. The molecule has 1 aromatic rings. The van der Waals surface area contributed by atoms with E-state index in [9.17, 15) is 0 Å². The zero-order valence-electron chi connectivity index (χ0n) is 18.2. The molecular weight excluding hydrogens is 379 g/mol. The summed E-state index contributed by atoms with van der Waals surface area (Å²) in [7, 11) is 0. The third-order valence-corrected chi connectivity index (χ3v) is 7.65. The first-order chi connectivity index (χ1) is 12.8. The van der Waals surface area contributed by atoms with E-state index in [0.717, 1.165) is 5.92 Å². The van der Waals surface area contributed by atoms with E-state index in [0.29, 0.717) is 14.5 Å². The van der Waals surface area contributed by atoms with Crippen LogP contribution in [0.25, 0.3) is 0 Å². The van der Waals surface area contributed by atoms with E-state index >= 15 is 0 Å². The van der Waals surface area contributed by atoms with Crippen LogP contribution in [0.15, 0.2) is 11.0 Å². The van der Waals surface area contributed by atoms with E-state index in [1.54, 1.807) is 10.0 Å². The Hall–Kier alpha value is -0.000519. The normalized spacial score (nSPS) is 12.6. The fraction of sp³-hybridized carbons (Fsp3) is 0.840. The van der Waals surface area contributed by atoms with Crippen molar-refractivity contribution in [1.29, 1.82) is 0 Å². The van der Waals surface area contributed by atoms with E-state index in [4.69, 9.17) is 0 Å². The molecular formula is C25H46Se. The Morgan fingerprint density at radius 1 is 0.692 bits per heavy atom. The summed E-state index contributed by atoms with van der Waals surface area (Å²) in [5.41, 5.74) is 1.66. The maximum atomic E-state index is 2.55. The van der Waals surface area contributed by atoms with Gasteiger partial charge in [-0.2, -0.15) is 0 Å². The summed E-state index contributed by atoms with van der Waals surface area (Å²) < 4.78 is 1.62. The van der Waals surface area contributed by atoms with Gasteiger partial charge >= 0.3 is 158 Å². The van der Waals surface area contributed by atoms with Gasteiger partial charge in [0.15, 0.2) is 0 Å². The topological polar surface area (TPSA) is 0 Å². The molecule has 0 fully saturated rings. The van der Waals surface area contributed by atoms with Gasteiger partial charge in [0.2, 0.25) is 0 Å². The van der Waals surface area contributed by atoms with Crippen molar-refractivity contribution in [3.05, 3.63) is 21.0 Å². The zero-order valence-corrected chi connectivity index (χ0v) is 19.9. The fourth-order valence-electron chi connectivity index (χ4n) is 4.07. The molecule has 0 saturated heterocycles. The van der Waals surface area contributed by atoms with Gasteiger partial charge in [0.05, 0.1) is 0 Å². The molecule has 152 valence electrons. The monoisotopic (exact) mass is 426 g/mol. The molecule has 1 atom stereocenters. The minimum atomic E-state index is 0.665. The van der Waals surface area contributed by atoms with Crippen molar-refractivity contribution in [3.63, 3.8) is 0 Å². The fourth-order valence-corrected chi connectivity index (χ4v) is 5.58. The van der Waals surface area contributed by atoms with Gasteiger partial charge in [0, 0.05) is 0 Å². The molecule has 1 unspecified atom stereocenters. The molecule has 1 aromatic heterocycles. The summed E-state index contributed by atoms with van der Waals surface area (Å²) in [6.07, 6.45) is 24.6. The Morgan fingerprint density at radius 2 is 1.15 bits per heavy atom. The number of rotatable bonds is 18. The van der Waals surface area contributed by atoms with Crippen molar-refractivity contribution in [3.8, 4) is 0 Å². The predicted octanol–water partition coefficient (Wildman–Crippen LogP) is 8.49. The van der Waals surface area contributed by atoms with Gasteiger partial charge in [0.1, 0.15) is 0 Å². The van der Waals surface area contributed by atoms with Gasteiger partial charge in [-0.05, 0) is 0 Å². The second-order valence-corrected chi connectivity index (χ2v) is 10.8. The van der Waals surface area contributed by atoms with Crippen molar-refractivity contribution < 1.29 is 0 Å². The van der Waals surface area contributed by atoms with Crippen LogP contribution >= 0.6 is 0 Å². The SMILES string of the molecule is CCCCCCCCCCC(CCCCCCCC)Cc1c[se]c(C)c1. The van der Waals surface area contributed by atoms with E-state index < -0.39 is 0 Å². The summed E-state index contributed by atoms with van der Waals surface area (Å²) >= 11 is 0.665. The first-order valence-corrected chi connectivity index (χ1v) is 13.6. The van der Waals surface area contributed by atoms with Crippen LogP contribution in [0.2, 0.25) is 0 Å². The van der Waals surface area contributed by atoms with Gasteiger partial charge in [-0.25, -0.2) is 0 Å². The van der Waals surface area contributed by atoms with Gasteiger partial charge in [0.25, 0.3) is 0 Å². The molecule has 0 N–H and O–H groups in total. The quantitative estimate of drug-likeness (QED) is 0.163. The Kier molecular flexibility index (Phi) is 15.8. The Morgan fingerprint density at radius 3 is 1.58 bits per heavy atom. The van der Waals surface area contributed by atoms with Crippen LogP contribution in [-0.2, 0) is 6.42 Å². The molecule has 0 aliphatic carbocycles. The molecule has 1 heterocycles. The van der Waals surface area contributed by atoms with Gasteiger partial charge in [-0.15, -0.1) is 0 Å². The second-order valence-electron chi connectivity index (χ2n) is 8.46. The van der Waals surface area contributed by atoms with Crippen molar-refractivity contribution >= 4 is 14.5 Å². The third kappa shape index (κ3) is 13.2. The molecule has 0 bridgehead atoms. The zero-order chi connectivity index (χ0) is 18.9. The number of hydrogen-bond donors (Lipinski definition) is 0. The average Bonchev–Trinajstić information content (AvgIpc) is 3.04. The van der Waals surface area contributed by atoms with E-state index in [2.05, 4.69) is 31.8 Å². The Labute approximate surface area is 171 Å². The van der Waals surface area contributed by atoms with Crippen LogP contribution in [0.3, 0.4) is 0 Å². The van der Waals surface area contributed by atoms with Crippen molar-refractivity contribution in [2.24, 2.45) is 5.92 Å². The van der Waals surface area contributed by atoms with Crippen molar-refractivity contribution in [2.75, 3.05) is 0 Å². The van der Waals surface area contributed by atoms with Gasteiger partial charge in [-0.3, -0.25) is 0 Å². The maximum absolute atomic E-state index is 2.55. The van der Waals surface area contributed by atoms with Crippen molar-refractivity contribution in [2.45, 2.75) is 130 Å². The number of aryl methyl sites for hydroxylation is 1. The summed E-state index contributed by atoms with van der Waals surface area (Å²) in [5, 5.41) is 0. The molecule has 1 rings (SSSR count). The number of unbranched alkanes of at least 4 members (excludes halogenated alkanes) is 12. The molecule has 0 amide bonds. The summed E-state index contributed by atoms with van der Waals surface area (Å²) in [5.74, 6) is 0.950. The van der Waals surface area contributed by atoms with Crippen LogP contribution in [0.5, 0.6) is 0 Å². The summed E-state index contributed by atoms with van der Waals surface area (Å²) in [6.45, 7) is 6.93. The van der Waals surface area contributed by atoms with Crippen LogP contribution in [0.1, 0.15) is 127 Å². The molecule has 26 heavy (non-hydrogen) atoms. The Balaban J connectivity index is 2.19. The molecule has 0 nitrogen and oxygen atoms in total. The molecule has 0 aliphatic rings. The van der Waals surface area contributed by atoms with E-state index in [-0.39, 0.29) is 0 Å². The van der Waals surface area contributed by atoms with Crippen molar-refractivity contribution in [1.82, 2.24) is 0 Å². The first kappa shape index (κ1) is 24.0. The van der Waals surface area contributed by atoms with E-state index in [1.165, 1.54) is 109 Å². The van der Waals surface area contributed by atoms with E-state index in [1.807, 2.05) is 0 Å². The molecule has 0 saturated carbocycles. The third-order valence-electron chi connectivity index (χ3n) is 5.74. The molecule has 0 radical (unpaired) electrons. The summed E-state index contributed by atoms with van der Waals surface area (Å²) in [4.78, 5) is 2.55. The summed E-state index contributed by atoms with van der Waals surface area (Å²) in [6, 6.07) is 2.49. The van der Waals surface area contributed by atoms with Crippen LogP contribution in [-0.4, -0.2) is 14.5 Å². The number of hydrogen-bond acceptors (Lipinski definition) is 0. The van der Waals surface area contributed by atoms with Crippen LogP contribution in [0, 0.1) is 12.8 Å². The first-order valence-electron chi connectivity index (χ1n) is 11.8. The molecule has 0 aromatic carbocycles. The van der Waals surface area contributed by atoms with Crippen LogP contribution in [0.4, 0.5) is 0 Å². The molecule has 1 heteroatoms. The van der Waals surface area contributed by atoms with Gasteiger partial charge < -0.3 is 0 Å². The van der Waals surface area contributed by atoms with Crippen LogP contribution < -0.4 is 0 Å². The second kappa shape index (κ2) is 17.1. The van der Waals surface area contributed by atoms with Gasteiger partial charge in [-0.1, -0.05) is 13.3 Å². The standard InChI is InChI=1S/C25H46Se/c1-4-6-8-10-12-13-15-17-19-24(18-16-14-11-9-7-5-2)21-25-20-23(3)26-22-25/h20,22,24H,4-19,21H2,1-3H3. The average molecular weight is 426 g/mol. The minimum absolute atomic E-state index is 0.665.